The van der Waals surface area contributed by atoms with E-state index in [1.54, 1.807) is 14.0 Å². The van der Waals surface area contributed by atoms with E-state index in [9.17, 15) is 8.42 Å². The van der Waals surface area contributed by atoms with E-state index in [0.717, 1.165) is 31.0 Å². The fraction of sp³-hybridized carbons (Fsp3) is 0.650. The lowest BCUT2D eigenvalue weighted by atomic mass is 9.86. The first kappa shape index (κ1) is 24.2. The van der Waals surface area contributed by atoms with Crippen LogP contribution in [0, 0.1) is 0 Å². The molecule has 0 aromatic heterocycles. The van der Waals surface area contributed by atoms with Crippen LogP contribution < -0.4 is 20.1 Å². The first-order valence-corrected chi connectivity index (χ1v) is 11.8. The van der Waals surface area contributed by atoms with Crippen LogP contribution >= 0.6 is 24.0 Å². The van der Waals surface area contributed by atoms with Gasteiger partial charge in [-0.15, -0.1) is 24.0 Å². The summed E-state index contributed by atoms with van der Waals surface area (Å²) >= 11 is 0. The van der Waals surface area contributed by atoms with Gasteiger partial charge in [0.2, 0.25) is 10.0 Å². The molecule has 1 atom stereocenters. The monoisotopic (exact) mass is 536 g/mol. The van der Waals surface area contributed by atoms with Crippen molar-refractivity contribution in [3.05, 3.63) is 29.8 Å². The van der Waals surface area contributed by atoms with E-state index in [-0.39, 0.29) is 41.4 Å². The minimum absolute atomic E-state index is 0. The summed E-state index contributed by atoms with van der Waals surface area (Å²) in [6.45, 7) is 2.69. The van der Waals surface area contributed by atoms with E-state index in [1.165, 1.54) is 18.4 Å². The molecule has 1 aliphatic heterocycles. The van der Waals surface area contributed by atoms with Gasteiger partial charge in [0, 0.05) is 32.1 Å². The second-order valence-corrected chi connectivity index (χ2v) is 9.68. The second-order valence-electron chi connectivity index (χ2n) is 7.58. The lowest BCUT2D eigenvalue weighted by Crippen LogP contribution is -2.47. The lowest BCUT2D eigenvalue weighted by Gasteiger charge is -2.40. The third kappa shape index (κ3) is 6.45. The van der Waals surface area contributed by atoms with Gasteiger partial charge in [-0.2, -0.15) is 0 Å². The number of sulfonamides is 1. The minimum atomic E-state index is -3.13. The first-order valence-electron chi connectivity index (χ1n) is 10.2. The Bertz CT molecular complexity index is 795. The van der Waals surface area contributed by atoms with Crippen molar-refractivity contribution in [3.8, 4) is 5.75 Å². The molecule has 1 heterocycles. The molecule has 1 fully saturated rings. The normalized spacial score (nSPS) is 20.5. The van der Waals surface area contributed by atoms with E-state index >= 15 is 0 Å². The van der Waals surface area contributed by atoms with Crippen LogP contribution in [0.3, 0.4) is 0 Å². The van der Waals surface area contributed by atoms with Crippen LogP contribution in [0.1, 0.15) is 57.1 Å². The number of halogens is 1. The highest BCUT2D eigenvalue weighted by atomic mass is 127. The van der Waals surface area contributed by atoms with E-state index in [1.807, 2.05) is 12.1 Å². The molecule has 1 aromatic carbocycles. The topological polar surface area (TPSA) is 91.8 Å². The smallest absolute Gasteiger partial charge is 0.211 e. The molecule has 0 bridgehead atoms. The minimum Gasteiger partial charge on any atom is -0.487 e. The molecule has 9 heteroatoms. The first-order chi connectivity index (χ1) is 13.5. The average molecular weight is 536 g/mol. The van der Waals surface area contributed by atoms with Crippen LogP contribution in [0.4, 0.5) is 0 Å². The summed E-state index contributed by atoms with van der Waals surface area (Å²) in [5.41, 5.74) is 1.10. The molecule has 164 valence electrons. The van der Waals surface area contributed by atoms with Crippen molar-refractivity contribution >= 4 is 40.0 Å². The second kappa shape index (κ2) is 10.8. The number of fused-ring (bicyclic) bond motifs is 1. The number of ether oxygens (including phenoxy) is 1. The Balaban J connectivity index is 0.00000300. The van der Waals surface area contributed by atoms with Gasteiger partial charge in [-0.3, -0.25) is 4.99 Å². The zero-order chi connectivity index (χ0) is 20.0. The van der Waals surface area contributed by atoms with Gasteiger partial charge in [0.1, 0.15) is 11.4 Å². The van der Waals surface area contributed by atoms with Crippen molar-refractivity contribution in [1.29, 1.82) is 0 Å². The Morgan fingerprint density at radius 1 is 1.24 bits per heavy atom. The number of hydrogen-bond donors (Lipinski definition) is 3. The van der Waals surface area contributed by atoms with Crippen LogP contribution in [0.5, 0.6) is 5.75 Å². The van der Waals surface area contributed by atoms with Gasteiger partial charge in [-0.05, 0) is 45.1 Å². The molecule has 1 aromatic rings. The maximum Gasteiger partial charge on any atom is 0.211 e. The molecule has 7 nitrogen and oxygen atoms in total. The van der Waals surface area contributed by atoms with E-state index in [0.29, 0.717) is 19.5 Å². The molecule has 3 N–H and O–H groups in total. The standard InChI is InChI=1S/C20H32N4O3S.HI/c1-3-28(25,26)23-14-8-13-22-19(21-2)24-17-15-20(11-6-7-12-20)27-18-10-5-4-9-16(17)18;/h4-5,9-10,17,23H,3,6-8,11-15H2,1-2H3,(H2,21,22,24);1H. The maximum absolute atomic E-state index is 11.5. The molecular weight excluding hydrogens is 503 g/mol. The third-order valence-corrected chi connectivity index (χ3v) is 7.00. The predicted octanol–water partition coefficient (Wildman–Crippen LogP) is 2.94. The molecule has 0 amide bonds. The predicted molar refractivity (Wildman–Crippen MR) is 128 cm³/mol. The molecule has 2 aliphatic rings. The van der Waals surface area contributed by atoms with Crippen molar-refractivity contribution < 1.29 is 13.2 Å². The van der Waals surface area contributed by atoms with Gasteiger partial charge in [0.05, 0.1) is 11.8 Å². The van der Waals surface area contributed by atoms with Crippen LogP contribution in [0.15, 0.2) is 29.3 Å². The summed E-state index contributed by atoms with van der Waals surface area (Å²) in [6, 6.07) is 8.38. The Morgan fingerprint density at radius 3 is 2.66 bits per heavy atom. The molecule has 1 unspecified atom stereocenters. The highest BCUT2D eigenvalue weighted by Crippen LogP contribution is 2.46. The lowest BCUT2D eigenvalue weighted by molar-refractivity contribution is 0.0396. The summed E-state index contributed by atoms with van der Waals surface area (Å²) in [5, 5.41) is 6.85. The summed E-state index contributed by atoms with van der Waals surface area (Å²) in [5.74, 6) is 1.81. The van der Waals surface area contributed by atoms with Gasteiger partial charge in [0.15, 0.2) is 5.96 Å². The number of guanidine groups is 1. The molecule has 3 rings (SSSR count). The molecule has 1 saturated carbocycles. The van der Waals surface area contributed by atoms with E-state index in [2.05, 4.69) is 32.5 Å². The number of nitrogens with zero attached hydrogens (tertiary/aromatic N) is 1. The van der Waals surface area contributed by atoms with Crippen LogP contribution in [-0.4, -0.2) is 45.9 Å². The molecule has 1 spiro atoms. The number of aliphatic imine (C=N–C) groups is 1. The number of para-hydroxylation sites is 1. The number of benzene rings is 1. The van der Waals surface area contributed by atoms with Crippen LogP contribution in [0.25, 0.3) is 0 Å². The number of nitrogens with one attached hydrogen (secondary N) is 3. The van der Waals surface area contributed by atoms with Crippen molar-refractivity contribution in [2.24, 2.45) is 4.99 Å². The van der Waals surface area contributed by atoms with Gasteiger partial charge in [0.25, 0.3) is 0 Å². The fourth-order valence-electron chi connectivity index (χ4n) is 4.06. The summed E-state index contributed by atoms with van der Waals surface area (Å²) in [4.78, 5) is 4.35. The van der Waals surface area contributed by atoms with E-state index in [4.69, 9.17) is 4.74 Å². The summed E-state index contributed by atoms with van der Waals surface area (Å²) in [6.07, 6.45) is 6.26. The SMILES string of the molecule is CCS(=O)(=O)NCCCNC(=NC)NC1CC2(CCCC2)Oc2ccccc21.I. The quantitative estimate of drug-likeness (QED) is 0.216. The van der Waals surface area contributed by atoms with Crippen molar-refractivity contribution in [2.75, 3.05) is 25.9 Å². The summed E-state index contributed by atoms with van der Waals surface area (Å²) in [7, 11) is -1.38. The van der Waals surface area contributed by atoms with Crippen molar-refractivity contribution in [3.63, 3.8) is 0 Å². The summed E-state index contributed by atoms with van der Waals surface area (Å²) < 4.78 is 32.0. The highest BCUT2D eigenvalue weighted by molar-refractivity contribution is 14.0. The fourth-order valence-corrected chi connectivity index (χ4v) is 4.72. The molecule has 0 saturated heterocycles. The Labute approximate surface area is 191 Å². The highest BCUT2D eigenvalue weighted by Gasteiger charge is 2.43. The van der Waals surface area contributed by atoms with Gasteiger partial charge in [-0.25, -0.2) is 13.1 Å². The van der Waals surface area contributed by atoms with E-state index < -0.39 is 10.0 Å². The molecule has 0 radical (unpaired) electrons. The van der Waals surface area contributed by atoms with Crippen LogP contribution in [0.2, 0.25) is 0 Å². The zero-order valence-electron chi connectivity index (χ0n) is 17.2. The van der Waals surface area contributed by atoms with Crippen LogP contribution in [-0.2, 0) is 10.0 Å². The third-order valence-electron chi connectivity index (χ3n) is 5.59. The average Bonchev–Trinajstić information content (AvgIpc) is 3.14. The molecular formula is C20H33IN4O3S. The molecule has 1 aliphatic carbocycles. The number of hydrogen-bond acceptors (Lipinski definition) is 4. The maximum atomic E-state index is 11.5. The van der Waals surface area contributed by atoms with Gasteiger partial charge in [-0.1, -0.05) is 18.2 Å². The Morgan fingerprint density at radius 2 is 1.97 bits per heavy atom. The van der Waals surface area contributed by atoms with Crippen molar-refractivity contribution in [1.82, 2.24) is 15.4 Å². The Hall–Kier alpha value is -1.07. The zero-order valence-corrected chi connectivity index (χ0v) is 20.4. The largest absolute Gasteiger partial charge is 0.487 e. The molecule has 29 heavy (non-hydrogen) atoms. The Kier molecular flexibility index (Phi) is 9.02. The van der Waals surface area contributed by atoms with Crippen molar-refractivity contribution in [2.45, 2.75) is 57.1 Å². The number of rotatable bonds is 7. The van der Waals surface area contributed by atoms with Gasteiger partial charge >= 0.3 is 0 Å². The van der Waals surface area contributed by atoms with Gasteiger partial charge < -0.3 is 15.4 Å².